The lowest BCUT2D eigenvalue weighted by molar-refractivity contribution is 0.412. The van der Waals surface area contributed by atoms with Crippen LogP contribution in [0.1, 0.15) is 5.56 Å². The van der Waals surface area contributed by atoms with Crippen molar-refractivity contribution in [3.05, 3.63) is 50.8 Å². The van der Waals surface area contributed by atoms with Crippen molar-refractivity contribution < 1.29 is 9.52 Å². The molecule has 82 valence electrons. The maximum Gasteiger partial charge on any atom is 0.380 e. The van der Waals surface area contributed by atoms with Gasteiger partial charge in [-0.15, -0.1) is 0 Å². The number of halogens is 1. The van der Waals surface area contributed by atoms with Crippen molar-refractivity contribution in [3.8, 4) is 17.1 Å². The molecule has 0 spiro atoms. The smallest absolute Gasteiger partial charge is 0.380 e. The third-order valence-corrected chi connectivity index (χ3v) is 3.27. The van der Waals surface area contributed by atoms with E-state index in [9.17, 15) is 9.90 Å². The van der Waals surface area contributed by atoms with E-state index in [1.807, 2.05) is 30.3 Å². The van der Waals surface area contributed by atoms with Crippen molar-refractivity contribution in [1.29, 1.82) is 0 Å². The van der Waals surface area contributed by atoms with Gasteiger partial charge < -0.3 is 9.52 Å². The Labute approximate surface area is 100 Å². The zero-order chi connectivity index (χ0) is 11.7. The van der Waals surface area contributed by atoms with E-state index in [1.54, 1.807) is 6.92 Å². The maximum absolute atomic E-state index is 11.3. The Hall–Kier alpha value is -1.55. The van der Waals surface area contributed by atoms with Gasteiger partial charge in [-0.1, -0.05) is 30.3 Å². The van der Waals surface area contributed by atoms with Gasteiger partial charge in [0.25, 0.3) is 0 Å². The predicted octanol–water partition coefficient (Wildman–Crippen LogP) is 3.08. The van der Waals surface area contributed by atoms with Gasteiger partial charge in [0.15, 0.2) is 0 Å². The lowest BCUT2D eigenvalue weighted by Crippen LogP contribution is -2.02. The molecule has 0 radical (unpaired) electrons. The normalized spacial score (nSPS) is 10.4. The molecular formula is C12H9BrO3. The monoisotopic (exact) mass is 280 g/mol. The van der Waals surface area contributed by atoms with Gasteiger partial charge in [-0.2, -0.15) is 0 Å². The highest BCUT2D eigenvalue weighted by atomic mass is 79.9. The fraction of sp³-hybridized carbons (Fsp3) is 0.0833. The summed E-state index contributed by atoms with van der Waals surface area (Å²) in [6, 6.07) is 9.28. The second-order valence-corrected chi connectivity index (χ2v) is 4.17. The predicted molar refractivity (Wildman–Crippen MR) is 64.5 cm³/mol. The largest absolute Gasteiger partial charge is 0.501 e. The molecule has 0 aliphatic carbocycles. The lowest BCUT2D eigenvalue weighted by atomic mass is 10.1. The molecule has 1 N–H and O–H groups in total. The Bertz CT molecular complexity index is 573. The van der Waals surface area contributed by atoms with Crippen LogP contribution in [0.3, 0.4) is 0 Å². The van der Waals surface area contributed by atoms with Gasteiger partial charge in [-0.05, 0) is 22.9 Å². The molecule has 16 heavy (non-hydrogen) atoms. The van der Waals surface area contributed by atoms with E-state index in [1.165, 1.54) is 0 Å². The van der Waals surface area contributed by atoms with Crippen molar-refractivity contribution in [3.63, 3.8) is 0 Å². The standard InChI is InChI=1S/C12H9BrO3/c1-7-9(13)10(14)12(15)16-11(7)8-5-3-2-4-6-8/h2-6,14H,1H3. The van der Waals surface area contributed by atoms with E-state index in [-0.39, 0.29) is 0 Å². The molecular weight excluding hydrogens is 272 g/mol. The van der Waals surface area contributed by atoms with Crippen LogP contribution in [0.5, 0.6) is 5.75 Å². The summed E-state index contributed by atoms with van der Waals surface area (Å²) in [6.07, 6.45) is 0. The van der Waals surface area contributed by atoms with E-state index in [0.29, 0.717) is 15.8 Å². The molecule has 2 rings (SSSR count). The Balaban J connectivity index is 2.73. The first-order chi connectivity index (χ1) is 7.61. The highest BCUT2D eigenvalue weighted by Gasteiger charge is 2.14. The highest BCUT2D eigenvalue weighted by Crippen LogP contribution is 2.31. The van der Waals surface area contributed by atoms with Gasteiger partial charge in [-0.25, -0.2) is 4.79 Å². The SMILES string of the molecule is Cc1c(-c2ccccc2)oc(=O)c(O)c1Br. The second-order valence-electron chi connectivity index (χ2n) is 3.37. The first kappa shape index (κ1) is 11.0. The van der Waals surface area contributed by atoms with Crippen LogP contribution in [0.15, 0.2) is 44.0 Å². The third-order valence-electron chi connectivity index (χ3n) is 2.30. The summed E-state index contributed by atoms with van der Waals surface area (Å²) >= 11 is 3.17. The minimum atomic E-state index is -0.740. The summed E-state index contributed by atoms with van der Waals surface area (Å²) in [5, 5.41) is 9.41. The number of rotatable bonds is 1. The summed E-state index contributed by atoms with van der Waals surface area (Å²) in [5.41, 5.74) is 0.762. The van der Waals surface area contributed by atoms with E-state index < -0.39 is 11.4 Å². The Morgan fingerprint density at radius 1 is 1.25 bits per heavy atom. The Morgan fingerprint density at radius 2 is 1.88 bits per heavy atom. The van der Waals surface area contributed by atoms with Crippen LogP contribution in [0.25, 0.3) is 11.3 Å². The molecule has 4 heteroatoms. The second kappa shape index (κ2) is 4.14. The third kappa shape index (κ3) is 1.76. The Morgan fingerprint density at radius 3 is 2.50 bits per heavy atom. The topological polar surface area (TPSA) is 50.4 Å². The van der Waals surface area contributed by atoms with E-state index in [2.05, 4.69) is 15.9 Å². The lowest BCUT2D eigenvalue weighted by Gasteiger charge is -2.06. The molecule has 1 heterocycles. The molecule has 0 fully saturated rings. The molecule has 0 aliphatic rings. The minimum absolute atomic E-state index is 0.377. The number of hydrogen-bond donors (Lipinski definition) is 1. The van der Waals surface area contributed by atoms with Gasteiger partial charge in [0.1, 0.15) is 5.76 Å². The maximum atomic E-state index is 11.3. The molecule has 0 bridgehead atoms. The van der Waals surface area contributed by atoms with Crippen LogP contribution in [0.2, 0.25) is 0 Å². The molecule has 0 atom stereocenters. The molecule has 1 aromatic carbocycles. The van der Waals surface area contributed by atoms with Crippen molar-refractivity contribution >= 4 is 15.9 Å². The summed E-state index contributed by atoms with van der Waals surface area (Å²) < 4.78 is 5.45. The van der Waals surface area contributed by atoms with Crippen LogP contribution < -0.4 is 5.63 Å². The van der Waals surface area contributed by atoms with Gasteiger partial charge in [-0.3, -0.25) is 0 Å². The number of hydrogen-bond acceptors (Lipinski definition) is 3. The molecule has 0 amide bonds. The van der Waals surface area contributed by atoms with Crippen molar-refractivity contribution in [1.82, 2.24) is 0 Å². The van der Waals surface area contributed by atoms with Gasteiger partial charge >= 0.3 is 5.63 Å². The fourth-order valence-electron chi connectivity index (χ4n) is 1.45. The van der Waals surface area contributed by atoms with Gasteiger partial charge in [0.2, 0.25) is 5.75 Å². The number of aromatic hydroxyl groups is 1. The van der Waals surface area contributed by atoms with Gasteiger partial charge in [0, 0.05) is 11.1 Å². The quantitative estimate of drug-likeness (QED) is 0.873. The summed E-state index contributed by atoms with van der Waals surface area (Å²) in [5.74, 6) is 0.0763. The molecule has 3 nitrogen and oxygen atoms in total. The van der Waals surface area contributed by atoms with Crippen LogP contribution in [-0.2, 0) is 0 Å². The van der Waals surface area contributed by atoms with E-state index in [0.717, 1.165) is 5.56 Å². The first-order valence-corrected chi connectivity index (χ1v) is 5.48. The number of benzene rings is 1. The average molecular weight is 281 g/mol. The van der Waals surface area contributed by atoms with Crippen molar-refractivity contribution in [2.24, 2.45) is 0 Å². The van der Waals surface area contributed by atoms with Crippen LogP contribution >= 0.6 is 15.9 Å². The van der Waals surface area contributed by atoms with E-state index in [4.69, 9.17) is 4.42 Å². The van der Waals surface area contributed by atoms with E-state index >= 15 is 0 Å². The van der Waals surface area contributed by atoms with Gasteiger partial charge in [0.05, 0.1) is 4.47 Å². The Kier molecular flexibility index (Phi) is 2.83. The summed E-state index contributed by atoms with van der Waals surface area (Å²) in [6.45, 7) is 1.77. The summed E-state index contributed by atoms with van der Waals surface area (Å²) in [7, 11) is 0. The van der Waals surface area contributed by atoms with Crippen molar-refractivity contribution in [2.75, 3.05) is 0 Å². The van der Waals surface area contributed by atoms with Crippen LogP contribution in [0, 0.1) is 6.92 Å². The summed E-state index contributed by atoms with van der Waals surface area (Å²) in [4.78, 5) is 11.3. The average Bonchev–Trinajstić information content (AvgIpc) is 2.32. The highest BCUT2D eigenvalue weighted by molar-refractivity contribution is 9.10. The molecule has 0 unspecified atom stereocenters. The minimum Gasteiger partial charge on any atom is -0.501 e. The van der Waals surface area contributed by atoms with Crippen LogP contribution in [0.4, 0.5) is 0 Å². The first-order valence-electron chi connectivity index (χ1n) is 4.69. The fourth-order valence-corrected chi connectivity index (χ4v) is 1.79. The molecule has 0 aliphatic heterocycles. The van der Waals surface area contributed by atoms with Crippen molar-refractivity contribution in [2.45, 2.75) is 6.92 Å². The zero-order valence-corrected chi connectivity index (χ0v) is 10.1. The molecule has 2 aromatic rings. The molecule has 0 saturated carbocycles. The molecule has 0 saturated heterocycles. The molecule has 1 aromatic heterocycles. The van der Waals surface area contributed by atoms with Crippen LogP contribution in [-0.4, -0.2) is 5.11 Å². The zero-order valence-electron chi connectivity index (χ0n) is 8.53.